The standard InChI is InChI=1S/C4H10O3.C3H8O/c1-2-3-4(5,6)7;1-2-3-4/h5-7H,2-3H2,1H3;4H,2-3H2,1H3. The third-order valence-electron chi connectivity index (χ3n) is 0.809. The second-order valence-electron chi connectivity index (χ2n) is 2.25. The van der Waals surface area contributed by atoms with Crippen LogP contribution in [-0.4, -0.2) is 33.0 Å². The van der Waals surface area contributed by atoms with E-state index >= 15 is 0 Å². The summed E-state index contributed by atoms with van der Waals surface area (Å²) in [7, 11) is 0. The van der Waals surface area contributed by atoms with Crippen LogP contribution >= 0.6 is 0 Å². The lowest BCUT2D eigenvalue weighted by Crippen LogP contribution is -2.26. The minimum Gasteiger partial charge on any atom is -0.396 e. The maximum atomic E-state index is 8.13. The van der Waals surface area contributed by atoms with E-state index in [2.05, 4.69) is 0 Å². The first-order valence-corrected chi connectivity index (χ1v) is 3.75. The van der Waals surface area contributed by atoms with Crippen LogP contribution in [0, 0.1) is 0 Å². The molecule has 4 nitrogen and oxygen atoms in total. The molecular formula is C7H18O4. The van der Waals surface area contributed by atoms with E-state index in [9.17, 15) is 0 Å². The van der Waals surface area contributed by atoms with Gasteiger partial charge >= 0.3 is 0 Å². The second kappa shape index (κ2) is 7.94. The van der Waals surface area contributed by atoms with Crippen LogP contribution in [0.3, 0.4) is 0 Å². The summed E-state index contributed by atoms with van der Waals surface area (Å²) >= 11 is 0. The number of aliphatic hydroxyl groups is 4. The van der Waals surface area contributed by atoms with Gasteiger partial charge in [0.15, 0.2) is 0 Å². The summed E-state index contributed by atoms with van der Waals surface area (Å²) in [5.41, 5.74) is 0. The molecule has 0 radical (unpaired) electrons. The minimum absolute atomic E-state index is 0.00694. The molecule has 0 saturated heterocycles. The number of rotatable bonds is 3. The average molecular weight is 166 g/mol. The molecule has 0 rings (SSSR count). The number of hydrogen-bond donors (Lipinski definition) is 4. The van der Waals surface area contributed by atoms with Crippen LogP contribution in [0.15, 0.2) is 0 Å². The van der Waals surface area contributed by atoms with Gasteiger partial charge in [-0.3, -0.25) is 0 Å². The fourth-order valence-corrected chi connectivity index (χ4v) is 0.335. The van der Waals surface area contributed by atoms with Gasteiger partial charge in [0.1, 0.15) is 0 Å². The third kappa shape index (κ3) is 25.8. The van der Waals surface area contributed by atoms with Crippen molar-refractivity contribution in [3.8, 4) is 0 Å². The van der Waals surface area contributed by atoms with E-state index in [0.29, 0.717) is 13.0 Å². The predicted molar refractivity (Wildman–Crippen MR) is 41.7 cm³/mol. The molecule has 0 aromatic heterocycles. The van der Waals surface area contributed by atoms with E-state index in [1.165, 1.54) is 0 Å². The Morgan fingerprint density at radius 2 is 1.36 bits per heavy atom. The number of hydrogen-bond acceptors (Lipinski definition) is 4. The zero-order valence-corrected chi connectivity index (χ0v) is 7.12. The van der Waals surface area contributed by atoms with Crippen molar-refractivity contribution in [2.75, 3.05) is 6.61 Å². The highest BCUT2D eigenvalue weighted by Crippen LogP contribution is 2.01. The summed E-state index contributed by atoms with van der Waals surface area (Å²) in [6.07, 6.45) is 1.44. The molecule has 4 N–H and O–H groups in total. The Labute approximate surface area is 67.1 Å². The van der Waals surface area contributed by atoms with Crippen LogP contribution in [0.2, 0.25) is 0 Å². The van der Waals surface area contributed by atoms with Crippen molar-refractivity contribution >= 4 is 0 Å². The van der Waals surface area contributed by atoms with Crippen LogP contribution in [0.4, 0.5) is 0 Å². The van der Waals surface area contributed by atoms with Crippen LogP contribution in [0.5, 0.6) is 0 Å². The van der Waals surface area contributed by atoms with Crippen LogP contribution in [-0.2, 0) is 0 Å². The monoisotopic (exact) mass is 166 g/mol. The maximum absolute atomic E-state index is 8.13. The smallest absolute Gasteiger partial charge is 0.275 e. The quantitative estimate of drug-likeness (QED) is 0.438. The molecule has 0 aliphatic carbocycles. The highest BCUT2D eigenvalue weighted by Gasteiger charge is 2.14. The molecule has 0 bridgehead atoms. The molecule has 0 amide bonds. The van der Waals surface area contributed by atoms with E-state index in [0.717, 1.165) is 6.42 Å². The Morgan fingerprint density at radius 3 is 1.36 bits per heavy atom. The molecule has 0 aliphatic heterocycles. The normalized spacial score (nSPS) is 10.4. The Kier molecular flexibility index (Phi) is 9.70. The first-order valence-electron chi connectivity index (χ1n) is 3.75. The second-order valence-corrected chi connectivity index (χ2v) is 2.25. The van der Waals surface area contributed by atoms with E-state index < -0.39 is 5.97 Å². The summed E-state index contributed by atoms with van der Waals surface area (Å²) in [4.78, 5) is 0. The Balaban J connectivity index is 0. The number of aliphatic hydroxyl groups excluding tert-OH is 1. The highest BCUT2D eigenvalue weighted by atomic mass is 16.7. The Morgan fingerprint density at radius 1 is 1.00 bits per heavy atom. The molecule has 0 aliphatic rings. The molecule has 70 valence electrons. The summed E-state index contributed by atoms with van der Waals surface area (Å²) in [5, 5.41) is 32.3. The minimum atomic E-state index is -2.45. The van der Waals surface area contributed by atoms with Gasteiger partial charge in [-0.1, -0.05) is 13.8 Å². The first-order chi connectivity index (χ1) is 4.97. The lowest BCUT2D eigenvalue weighted by atomic mass is 10.3. The van der Waals surface area contributed by atoms with Crippen LogP contribution in [0.25, 0.3) is 0 Å². The van der Waals surface area contributed by atoms with Crippen molar-refractivity contribution in [3.05, 3.63) is 0 Å². The van der Waals surface area contributed by atoms with Crippen LogP contribution in [0.1, 0.15) is 33.1 Å². The van der Waals surface area contributed by atoms with Gasteiger partial charge in [0.25, 0.3) is 5.97 Å². The zero-order valence-electron chi connectivity index (χ0n) is 7.12. The highest BCUT2D eigenvalue weighted by molar-refractivity contribution is 4.41. The van der Waals surface area contributed by atoms with Crippen molar-refractivity contribution in [1.82, 2.24) is 0 Å². The molecular weight excluding hydrogens is 148 g/mol. The van der Waals surface area contributed by atoms with E-state index in [-0.39, 0.29) is 6.42 Å². The Hall–Kier alpha value is -0.160. The van der Waals surface area contributed by atoms with Gasteiger partial charge in [0.05, 0.1) is 0 Å². The van der Waals surface area contributed by atoms with Crippen molar-refractivity contribution < 1.29 is 20.4 Å². The van der Waals surface area contributed by atoms with E-state index in [4.69, 9.17) is 20.4 Å². The largest absolute Gasteiger partial charge is 0.396 e. The molecule has 0 aromatic rings. The van der Waals surface area contributed by atoms with Crippen molar-refractivity contribution in [2.24, 2.45) is 0 Å². The molecule has 0 aromatic carbocycles. The zero-order chi connectivity index (χ0) is 9.33. The molecule has 0 unspecified atom stereocenters. The van der Waals surface area contributed by atoms with Crippen LogP contribution < -0.4 is 0 Å². The van der Waals surface area contributed by atoms with Gasteiger partial charge in [0, 0.05) is 13.0 Å². The predicted octanol–water partition coefficient (Wildman–Crippen LogP) is -0.194. The van der Waals surface area contributed by atoms with Gasteiger partial charge in [-0.05, 0) is 12.8 Å². The molecule has 11 heavy (non-hydrogen) atoms. The van der Waals surface area contributed by atoms with Gasteiger partial charge in [0.2, 0.25) is 0 Å². The summed E-state index contributed by atoms with van der Waals surface area (Å²) in [6.45, 7) is 4.00. The van der Waals surface area contributed by atoms with Gasteiger partial charge < -0.3 is 20.4 Å². The molecule has 0 atom stereocenters. The fourth-order valence-electron chi connectivity index (χ4n) is 0.335. The van der Waals surface area contributed by atoms with Crippen molar-refractivity contribution in [1.29, 1.82) is 0 Å². The fraction of sp³-hybridized carbons (Fsp3) is 1.00. The maximum Gasteiger partial charge on any atom is 0.275 e. The van der Waals surface area contributed by atoms with Crippen molar-refractivity contribution in [3.63, 3.8) is 0 Å². The SMILES string of the molecule is CCCC(O)(O)O.CCCO. The molecule has 0 spiro atoms. The summed E-state index contributed by atoms with van der Waals surface area (Å²) < 4.78 is 0. The lowest BCUT2D eigenvalue weighted by Gasteiger charge is -2.10. The topological polar surface area (TPSA) is 80.9 Å². The summed E-state index contributed by atoms with van der Waals surface area (Å²) in [6, 6.07) is 0. The third-order valence-corrected chi connectivity index (χ3v) is 0.809. The van der Waals surface area contributed by atoms with Gasteiger partial charge in [-0.2, -0.15) is 0 Å². The molecule has 4 heteroatoms. The van der Waals surface area contributed by atoms with Gasteiger partial charge in [-0.15, -0.1) is 0 Å². The van der Waals surface area contributed by atoms with E-state index in [1.807, 2.05) is 6.92 Å². The summed E-state index contributed by atoms with van der Waals surface area (Å²) in [5.74, 6) is -2.45. The average Bonchev–Trinajstić information content (AvgIpc) is 1.86. The lowest BCUT2D eigenvalue weighted by molar-refractivity contribution is -0.314. The van der Waals surface area contributed by atoms with Gasteiger partial charge in [-0.25, -0.2) is 0 Å². The Bertz CT molecular complexity index is 65.3. The van der Waals surface area contributed by atoms with Crippen molar-refractivity contribution in [2.45, 2.75) is 39.1 Å². The molecule has 0 fully saturated rings. The first kappa shape index (κ1) is 13.4. The van der Waals surface area contributed by atoms with E-state index in [1.54, 1.807) is 6.92 Å². The molecule has 0 heterocycles. The molecule has 0 saturated carbocycles.